The number of rotatable bonds is 8. The molecule has 9 heteroatoms. The molecule has 0 radical (unpaired) electrons. The third-order valence-electron chi connectivity index (χ3n) is 8.79. The molecule has 1 atom stereocenters. The van der Waals surface area contributed by atoms with Crippen LogP contribution in [0.3, 0.4) is 0 Å². The average Bonchev–Trinajstić information content (AvgIpc) is 3.46. The van der Waals surface area contributed by atoms with Gasteiger partial charge in [-0.05, 0) is 124 Å². The maximum atomic E-state index is 14.2. The molecule has 40 heavy (non-hydrogen) atoms. The van der Waals surface area contributed by atoms with Crippen LogP contribution in [-0.2, 0) is 17.6 Å². The number of nitrogens with zero attached hydrogens (tertiary/aromatic N) is 3. The van der Waals surface area contributed by atoms with Gasteiger partial charge in [0.1, 0.15) is 5.82 Å². The Bertz CT molecular complexity index is 1100. The number of carbonyl (C=O) groups excluding carboxylic acids is 1. The van der Waals surface area contributed by atoms with Gasteiger partial charge in [0.15, 0.2) is 0 Å². The molecule has 3 fully saturated rings. The van der Waals surface area contributed by atoms with E-state index in [4.69, 9.17) is 23.2 Å². The zero-order valence-electron chi connectivity index (χ0n) is 23.1. The molecule has 0 unspecified atom stereocenters. The van der Waals surface area contributed by atoms with Crippen LogP contribution in [0.2, 0.25) is 10.0 Å². The summed E-state index contributed by atoms with van der Waals surface area (Å²) >= 11 is 12.7. The minimum atomic E-state index is -0.202. The molecule has 1 amide bonds. The van der Waals surface area contributed by atoms with E-state index in [2.05, 4.69) is 14.7 Å². The van der Waals surface area contributed by atoms with Crippen molar-refractivity contribution < 1.29 is 9.18 Å². The lowest BCUT2D eigenvalue weighted by atomic mass is 9.85. The highest BCUT2D eigenvalue weighted by atomic mass is 35.5. The first-order chi connectivity index (χ1) is 18.5. The minimum Gasteiger partial charge on any atom is -0.341 e. The fraction of sp³-hybridized carbons (Fsp3) is 0.581. The monoisotopic (exact) mass is 631 g/mol. The highest BCUT2D eigenvalue weighted by molar-refractivity contribution is 6.35. The number of hydrogen-bond acceptors (Lipinski definition) is 3. The maximum absolute atomic E-state index is 14.2. The van der Waals surface area contributed by atoms with Gasteiger partial charge in [-0.1, -0.05) is 41.8 Å². The third-order valence-corrected chi connectivity index (χ3v) is 9.38. The van der Waals surface area contributed by atoms with Crippen molar-refractivity contribution in [3.05, 3.63) is 69.0 Å². The van der Waals surface area contributed by atoms with Crippen LogP contribution in [0.25, 0.3) is 0 Å². The van der Waals surface area contributed by atoms with Gasteiger partial charge in [0, 0.05) is 29.7 Å². The molecule has 3 saturated heterocycles. The first-order valence-corrected chi connectivity index (χ1v) is 15.2. The Morgan fingerprint density at radius 1 is 0.850 bits per heavy atom. The molecule has 0 bridgehead atoms. The second-order valence-electron chi connectivity index (χ2n) is 11.3. The highest BCUT2D eigenvalue weighted by Gasteiger charge is 2.34. The number of piperidine rings is 2. The second-order valence-corrected chi connectivity index (χ2v) is 12.1. The summed E-state index contributed by atoms with van der Waals surface area (Å²) in [5, 5.41) is 1.24. The van der Waals surface area contributed by atoms with Crippen LogP contribution >= 0.6 is 48.0 Å². The highest BCUT2D eigenvalue weighted by Crippen LogP contribution is 2.33. The lowest BCUT2D eigenvalue weighted by molar-refractivity contribution is -0.138. The number of hydrogen-bond donors (Lipinski definition) is 0. The summed E-state index contributed by atoms with van der Waals surface area (Å²) in [5.74, 6) is 0.431. The van der Waals surface area contributed by atoms with Gasteiger partial charge in [0.25, 0.3) is 0 Å². The maximum Gasteiger partial charge on any atom is 0.240 e. The van der Waals surface area contributed by atoms with Gasteiger partial charge >= 0.3 is 0 Å². The van der Waals surface area contributed by atoms with E-state index < -0.39 is 0 Å². The first kappa shape index (κ1) is 33.4. The zero-order valence-corrected chi connectivity index (χ0v) is 26.3. The summed E-state index contributed by atoms with van der Waals surface area (Å²) in [6.07, 6.45) is 9.36. The second kappa shape index (κ2) is 16.0. The van der Waals surface area contributed by atoms with Gasteiger partial charge in [-0.25, -0.2) is 4.39 Å². The van der Waals surface area contributed by atoms with Crippen molar-refractivity contribution in [2.24, 2.45) is 0 Å². The zero-order chi connectivity index (χ0) is 26.5. The molecular weight excluding hydrogens is 591 g/mol. The minimum absolute atomic E-state index is 0. The van der Waals surface area contributed by atoms with Crippen molar-refractivity contribution in [2.75, 3.05) is 45.8 Å². The molecule has 0 spiro atoms. The smallest absolute Gasteiger partial charge is 0.240 e. The van der Waals surface area contributed by atoms with Crippen molar-refractivity contribution in [3.8, 4) is 0 Å². The summed E-state index contributed by atoms with van der Waals surface area (Å²) in [6, 6.07) is 10.7. The van der Waals surface area contributed by atoms with Gasteiger partial charge in [-0.2, -0.15) is 0 Å². The lowest BCUT2D eigenvalue weighted by Gasteiger charge is -2.39. The molecule has 2 aromatic carbocycles. The molecular formula is C31H42Cl4FN3O. The van der Waals surface area contributed by atoms with Gasteiger partial charge in [-0.15, -0.1) is 24.8 Å². The Labute approximate surface area is 261 Å². The van der Waals surface area contributed by atoms with Crippen LogP contribution in [0.5, 0.6) is 0 Å². The fourth-order valence-corrected chi connectivity index (χ4v) is 7.08. The Morgan fingerprint density at radius 3 is 2.20 bits per heavy atom. The standard InChI is InChI=1S/C31H40Cl2FN3O.2ClH/c32-26-7-6-25(29(33)22-26)21-30(36-15-2-1-3-16-36)31(38)37-18-11-23(12-19-37)28-9-8-27(34)20-24(28)10-17-35-13-4-5-14-35;;/h6-9,20,22-23,30H,1-5,10-19,21H2;2*1H/t30-;;/m1../s1. The van der Waals surface area contributed by atoms with Gasteiger partial charge in [0.2, 0.25) is 5.91 Å². The van der Waals surface area contributed by atoms with E-state index in [1.807, 2.05) is 18.2 Å². The number of likely N-dealkylation sites (tertiary alicyclic amines) is 3. The van der Waals surface area contributed by atoms with Crippen molar-refractivity contribution in [1.82, 2.24) is 14.7 Å². The predicted octanol–water partition coefficient (Wildman–Crippen LogP) is 7.42. The van der Waals surface area contributed by atoms with Crippen LogP contribution in [0.1, 0.15) is 67.6 Å². The van der Waals surface area contributed by atoms with E-state index >= 15 is 0 Å². The molecule has 3 aliphatic heterocycles. The van der Waals surface area contributed by atoms with Gasteiger partial charge in [-0.3, -0.25) is 9.69 Å². The Hall–Kier alpha value is -1.08. The topological polar surface area (TPSA) is 26.8 Å². The van der Waals surface area contributed by atoms with E-state index in [0.29, 0.717) is 22.4 Å². The number of carbonyl (C=O) groups is 1. The van der Waals surface area contributed by atoms with Crippen molar-refractivity contribution >= 4 is 53.9 Å². The van der Waals surface area contributed by atoms with Crippen LogP contribution in [-0.4, -0.2) is 72.5 Å². The van der Waals surface area contributed by atoms with Crippen LogP contribution < -0.4 is 0 Å². The van der Waals surface area contributed by atoms with Crippen molar-refractivity contribution in [1.29, 1.82) is 0 Å². The molecule has 5 rings (SSSR count). The summed E-state index contributed by atoms with van der Waals surface area (Å²) < 4.78 is 14.2. The van der Waals surface area contributed by atoms with E-state index in [1.165, 1.54) is 24.8 Å². The quantitative estimate of drug-likeness (QED) is 0.303. The first-order valence-electron chi connectivity index (χ1n) is 14.5. The molecule has 4 nitrogen and oxygen atoms in total. The molecule has 0 aromatic heterocycles. The van der Waals surface area contributed by atoms with Crippen molar-refractivity contribution in [2.45, 2.75) is 69.7 Å². The lowest BCUT2D eigenvalue weighted by Crippen LogP contribution is -2.53. The molecule has 3 aliphatic rings. The van der Waals surface area contributed by atoms with E-state index in [-0.39, 0.29) is 42.6 Å². The summed E-state index contributed by atoms with van der Waals surface area (Å²) in [6.45, 7) is 6.70. The van der Waals surface area contributed by atoms with Crippen molar-refractivity contribution in [3.63, 3.8) is 0 Å². The Balaban J connectivity index is 0.00000220. The molecule has 0 aliphatic carbocycles. The van der Waals surface area contributed by atoms with E-state index in [0.717, 1.165) is 89.0 Å². The number of amides is 1. The average molecular weight is 634 g/mol. The fourth-order valence-electron chi connectivity index (χ4n) is 6.59. The van der Waals surface area contributed by atoms with E-state index in [1.54, 1.807) is 18.2 Å². The summed E-state index contributed by atoms with van der Waals surface area (Å²) in [7, 11) is 0. The number of halogens is 5. The van der Waals surface area contributed by atoms with Crippen LogP contribution in [0.4, 0.5) is 4.39 Å². The van der Waals surface area contributed by atoms with Crippen LogP contribution in [0.15, 0.2) is 36.4 Å². The molecule has 0 N–H and O–H groups in total. The largest absolute Gasteiger partial charge is 0.341 e. The van der Waals surface area contributed by atoms with E-state index in [9.17, 15) is 9.18 Å². The van der Waals surface area contributed by atoms with Crippen LogP contribution in [0, 0.1) is 5.82 Å². The van der Waals surface area contributed by atoms with Gasteiger partial charge in [0.05, 0.1) is 6.04 Å². The molecule has 0 saturated carbocycles. The third kappa shape index (κ3) is 8.49. The Kier molecular flexibility index (Phi) is 13.3. The predicted molar refractivity (Wildman–Crippen MR) is 168 cm³/mol. The summed E-state index contributed by atoms with van der Waals surface area (Å²) in [5.41, 5.74) is 3.40. The summed E-state index contributed by atoms with van der Waals surface area (Å²) in [4.78, 5) is 20.9. The number of benzene rings is 2. The Morgan fingerprint density at radius 2 is 1.52 bits per heavy atom. The molecule has 3 heterocycles. The molecule has 222 valence electrons. The SMILES string of the molecule is Cl.Cl.O=C([C@@H](Cc1ccc(Cl)cc1Cl)N1CCCCC1)N1CCC(c2ccc(F)cc2CCN2CCCC2)CC1. The molecule has 2 aromatic rings. The normalized spacial score (nSPS) is 19.6. The van der Waals surface area contributed by atoms with Gasteiger partial charge < -0.3 is 9.80 Å².